The van der Waals surface area contributed by atoms with Gasteiger partial charge in [-0.25, -0.2) is 0 Å². The summed E-state index contributed by atoms with van der Waals surface area (Å²) in [6.07, 6.45) is 9.24. The number of hydrogen-bond acceptors (Lipinski definition) is 2. The predicted molar refractivity (Wildman–Crippen MR) is 74.1 cm³/mol. The van der Waals surface area contributed by atoms with E-state index in [9.17, 15) is 4.79 Å². The lowest BCUT2D eigenvalue weighted by atomic mass is 9.94. The number of carbonyl (C=O) groups is 1. The Balaban J connectivity index is 1.95. The van der Waals surface area contributed by atoms with Gasteiger partial charge in [-0.3, -0.25) is 4.79 Å². The molecular formula is C15H28N2O. The van der Waals surface area contributed by atoms with Gasteiger partial charge in [0.1, 0.15) is 0 Å². The molecule has 1 amide bonds. The van der Waals surface area contributed by atoms with Crippen molar-refractivity contribution in [2.45, 2.75) is 64.3 Å². The van der Waals surface area contributed by atoms with Crippen LogP contribution >= 0.6 is 0 Å². The molecule has 1 aliphatic carbocycles. The smallest absolute Gasteiger partial charge is 0.227 e. The van der Waals surface area contributed by atoms with E-state index in [1.165, 1.54) is 25.7 Å². The molecule has 0 aromatic rings. The Bertz CT molecular complexity index is 280. The van der Waals surface area contributed by atoms with Crippen LogP contribution in [0.4, 0.5) is 0 Å². The molecule has 3 unspecified atom stereocenters. The van der Waals surface area contributed by atoms with Crippen LogP contribution in [0.2, 0.25) is 0 Å². The second-order valence-electron chi connectivity index (χ2n) is 6.27. The van der Waals surface area contributed by atoms with Crippen molar-refractivity contribution < 1.29 is 4.79 Å². The van der Waals surface area contributed by atoms with Crippen LogP contribution in [-0.4, -0.2) is 29.9 Å². The molecular weight excluding hydrogens is 224 g/mol. The zero-order valence-electron chi connectivity index (χ0n) is 11.7. The van der Waals surface area contributed by atoms with Gasteiger partial charge in [-0.15, -0.1) is 0 Å². The van der Waals surface area contributed by atoms with Gasteiger partial charge in [0.05, 0.1) is 5.92 Å². The molecule has 1 aliphatic heterocycles. The van der Waals surface area contributed by atoms with E-state index in [2.05, 4.69) is 11.8 Å². The summed E-state index contributed by atoms with van der Waals surface area (Å²) >= 11 is 0. The maximum absolute atomic E-state index is 12.6. The zero-order chi connectivity index (χ0) is 13.0. The first-order valence-corrected chi connectivity index (χ1v) is 7.73. The third kappa shape index (κ3) is 3.47. The van der Waals surface area contributed by atoms with Gasteiger partial charge in [0.25, 0.3) is 0 Å². The van der Waals surface area contributed by atoms with Gasteiger partial charge in [-0.1, -0.05) is 26.2 Å². The van der Waals surface area contributed by atoms with Crippen LogP contribution in [0.25, 0.3) is 0 Å². The second kappa shape index (κ2) is 6.55. The molecule has 1 saturated heterocycles. The first-order valence-electron chi connectivity index (χ1n) is 7.73. The van der Waals surface area contributed by atoms with Gasteiger partial charge >= 0.3 is 0 Å². The van der Waals surface area contributed by atoms with Crippen molar-refractivity contribution in [1.29, 1.82) is 0 Å². The van der Waals surface area contributed by atoms with Crippen LogP contribution in [-0.2, 0) is 4.79 Å². The van der Waals surface area contributed by atoms with Crippen molar-refractivity contribution in [2.75, 3.05) is 13.1 Å². The zero-order valence-corrected chi connectivity index (χ0v) is 11.7. The number of nitrogens with two attached hydrogens (primary N) is 1. The number of rotatable bonds is 1. The van der Waals surface area contributed by atoms with E-state index in [1.54, 1.807) is 0 Å². The van der Waals surface area contributed by atoms with E-state index in [4.69, 9.17) is 5.73 Å². The highest BCUT2D eigenvalue weighted by Gasteiger charge is 2.31. The van der Waals surface area contributed by atoms with Gasteiger partial charge in [-0.05, 0) is 38.0 Å². The SMILES string of the molecule is CC1CCCN(C(=O)C2CCCCCC2N)CC1. The molecule has 2 rings (SSSR count). The summed E-state index contributed by atoms with van der Waals surface area (Å²) < 4.78 is 0. The van der Waals surface area contributed by atoms with Crippen molar-refractivity contribution in [1.82, 2.24) is 4.90 Å². The Morgan fingerprint density at radius 1 is 1.00 bits per heavy atom. The topological polar surface area (TPSA) is 46.3 Å². The number of nitrogens with zero attached hydrogens (tertiary/aromatic N) is 1. The van der Waals surface area contributed by atoms with Crippen molar-refractivity contribution in [2.24, 2.45) is 17.6 Å². The summed E-state index contributed by atoms with van der Waals surface area (Å²) in [6, 6.07) is 0.0978. The summed E-state index contributed by atoms with van der Waals surface area (Å²) in [5.74, 6) is 1.21. The molecule has 0 aromatic heterocycles. The average Bonchev–Trinajstić information content (AvgIpc) is 2.69. The highest BCUT2D eigenvalue weighted by Crippen LogP contribution is 2.26. The van der Waals surface area contributed by atoms with E-state index < -0.39 is 0 Å². The quantitative estimate of drug-likeness (QED) is 0.729. The molecule has 104 valence electrons. The normalized spacial score (nSPS) is 34.8. The first-order chi connectivity index (χ1) is 8.68. The molecule has 0 aromatic carbocycles. The fraction of sp³-hybridized carbons (Fsp3) is 0.933. The summed E-state index contributed by atoms with van der Waals surface area (Å²) in [4.78, 5) is 14.7. The average molecular weight is 252 g/mol. The molecule has 0 bridgehead atoms. The van der Waals surface area contributed by atoms with E-state index in [1.807, 2.05) is 0 Å². The fourth-order valence-electron chi connectivity index (χ4n) is 3.36. The number of carbonyl (C=O) groups excluding carboxylic acids is 1. The summed E-state index contributed by atoms with van der Waals surface area (Å²) in [6.45, 7) is 4.20. The Hall–Kier alpha value is -0.570. The maximum atomic E-state index is 12.6. The molecule has 0 spiro atoms. The Morgan fingerprint density at radius 3 is 2.61 bits per heavy atom. The Kier molecular flexibility index (Phi) is 5.04. The van der Waals surface area contributed by atoms with Crippen molar-refractivity contribution >= 4 is 5.91 Å². The predicted octanol–water partition coefficient (Wildman–Crippen LogP) is 2.54. The highest BCUT2D eigenvalue weighted by atomic mass is 16.2. The molecule has 1 saturated carbocycles. The molecule has 0 radical (unpaired) electrons. The van der Waals surface area contributed by atoms with E-state index in [0.717, 1.165) is 44.7 Å². The van der Waals surface area contributed by atoms with E-state index >= 15 is 0 Å². The molecule has 1 heterocycles. The minimum absolute atomic E-state index is 0.0978. The van der Waals surface area contributed by atoms with Gasteiger partial charge in [0.15, 0.2) is 0 Å². The summed E-state index contributed by atoms with van der Waals surface area (Å²) in [7, 11) is 0. The van der Waals surface area contributed by atoms with Gasteiger partial charge in [-0.2, -0.15) is 0 Å². The lowest BCUT2D eigenvalue weighted by Gasteiger charge is -2.28. The first kappa shape index (κ1) is 13.9. The van der Waals surface area contributed by atoms with Crippen LogP contribution in [0.5, 0.6) is 0 Å². The Morgan fingerprint density at radius 2 is 1.78 bits per heavy atom. The third-order valence-corrected chi connectivity index (χ3v) is 4.72. The lowest BCUT2D eigenvalue weighted by Crippen LogP contribution is -2.44. The van der Waals surface area contributed by atoms with Crippen LogP contribution in [0, 0.1) is 11.8 Å². The molecule has 3 nitrogen and oxygen atoms in total. The van der Waals surface area contributed by atoms with Crippen molar-refractivity contribution in [3.8, 4) is 0 Å². The molecule has 3 atom stereocenters. The monoisotopic (exact) mass is 252 g/mol. The summed E-state index contributed by atoms with van der Waals surface area (Å²) in [5.41, 5.74) is 6.21. The largest absolute Gasteiger partial charge is 0.342 e. The molecule has 2 aliphatic rings. The van der Waals surface area contributed by atoms with E-state index in [-0.39, 0.29) is 12.0 Å². The minimum Gasteiger partial charge on any atom is -0.342 e. The van der Waals surface area contributed by atoms with Crippen molar-refractivity contribution in [3.05, 3.63) is 0 Å². The van der Waals surface area contributed by atoms with Crippen LogP contribution < -0.4 is 5.73 Å². The summed E-state index contributed by atoms with van der Waals surface area (Å²) in [5, 5.41) is 0. The number of amides is 1. The maximum Gasteiger partial charge on any atom is 0.227 e. The minimum atomic E-state index is 0.0978. The molecule has 2 fully saturated rings. The molecule has 18 heavy (non-hydrogen) atoms. The van der Waals surface area contributed by atoms with Gasteiger partial charge < -0.3 is 10.6 Å². The van der Waals surface area contributed by atoms with Gasteiger partial charge in [0, 0.05) is 19.1 Å². The van der Waals surface area contributed by atoms with E-state index in [0.29, 0.717) is 5.91 Å². The van der Waals surface area contributed by atoms with Gasteiger partial charge in [0.2, 0.25) is 5.91 Å². The standard InChI is InChI=1S/C15H28N2O/c1-12-6-5-10-17(11-9-12)15(18)13-7-3-2-4-8-14(13)16/h12-14H,2-11,16H2,1H3. The number of likely N-dealkylation sites (tertiary alicyclic amines) is 1. The second-order valence-corrected chi connectivity index (χ2v) is 6.27. The fourth-order valence-corrected chi connectivity index (χ4v) is 3.36. The number of hydrogen-bond donors (Lipinski definition) is 1. The van der Waals surface area contributed by atoms with Crippen LogP contribution in [0.3, 0.4) is 0 Å². The molecule has 3 heteroatoms. The van der Waals surface area contributed by atoms with Crippen LogP contribution in [0.1, 0.15) is 58.3 Å². The van der Waals surface area contributed by atoms with Crippen molar-refractivity contribution in [3.63, 3.8) is 0 Å². The highest BCUT2D eigenvalue weighted by molar-refractivity contribution is 5.79. The van der Waals surface area contributed by atoms with Crippen LogP contribution in [0.15, 0.2) is 0 Å². The molecule has 2 N–H and O–H groups in total. The third-order valence-electron chi connectivity index (χ3n) is 4.72. The Labute approximate surface area is 111 Å². The lowest BCUT2D eigenvalue weighted by molar-refractivity contribution is -0.136.